The highest BCUT2D eigenvalue weighted by molar-refractivity contribution is 7.09. The van der Waals surface area contributed by atoms with E-state index in [1.807, 2.05) is 37.6 Å². The summed E-state index contributed by atoms with van der Waals surface area (Å²) in [5, 5.41) is 2.94. The van der Waals surface area contributed by atoms with Crippen LogP contribution in [0.15, 0.2) is 40.8 Å². The van der Waals surface area contributed by atoms with Gasteiger partial charge in [0.15, 0.2) is 5.43 Å². The smallest absolute Gasteiger partial charge is 0.259 e. The van der Waals surface area contributed by atoms with Crippen LogP contribution < -0.4 is 5.43 Å². The third-order valence-corrected chi connectivity index (χ3v) is 7.10. The van der Waals surface area contributed by atoms with E-state index in [1.54, 1.807) is 35.5 Å². The van der Waals surface area contributed by atoms with Gasteiger partial charge in [0.2, 0.25) is 0 Å². The fraction of sp³-hybridized carbons (Fsp3) is 0.440. The number of nitrogens with zero attached hydrogens (tertiary/aromatic N) is 4. The number of aryl methyl sites for hydroxylation is 2. The molecule has 1 aliphatic rings. The first-order valence-electron chi connectivity index (χ1n) is 11.2. The van der Waals surface area contributed by atoms with Crippen LogP contribution in [0.4, 0.5) is 0 Å². The van der Waals surface area contributed by atoms with Crippen LogP contribution >= 0.6 is 11.3 Å². The van der Waals surface area contributed by atoms with Gasteiger partial charge in [0.25, 0.3) is 5.91 Å². The van der Waals surface area contributed by atoms with Crippen LogP contribution in [0.25, 0.3) is 0 Å². The van der Waals surface area contributed by atoms with Gasteiger partial charge in [-0.1, -0.05) is 31.7 Å². The van der Waals surface area contributed by atoms with Crippen molar-refractivity contribution < 1.29 is 4.79 Å². The van der Waals surface area contributed by atoms with Crippen LogP contribution in [0, 0.1) is 19.8 Å². The van der Waals surface area contributed by atoms with Crippen molar-refractivity contribution >= 4 is 17.2 Å². The average Bonchev–Trinajstić information content (AvgIpc) is 3.43. The molecule has 1 fully saturated rings. The van der Waals surface area contributed by atoms with Crippen LogP contribution in [-0.2, 0) is 19.5 Å². The number of aromatic nitrogens is 3. The molecule has 7 heteroatoms. The second-order valence-corrected chi connectivity index (χ2v) is 9.85. The fourth-order valence-electron chi connectivity index (χ4n) is 4.64. The Morgan fingerprint density at radius 2 is 2.06 bits per heavy atom. The van der Waals surface area contributed by atoms with E-state index < -0.39 is 0 Å². The zero-order chi connectivity index (χ0) is 22.7. The average molecular weight is 451 g/mol. The summed E-state index contributed by atoms with van der Waals surface area (Å²) in [6.45, 7) is 4.89. The molecule has 1 amide bonds. The lowest BCUT2D eigenvalue weighted by Crippen LogP contribution is -2.34. The summed E-state index contributed by atoms with van der Waals surface area (Å²) in [7, 11) is 1.75. The normalized spacial score (nSPS) is 14.1. The summed E-state index contributed by atoms with van der Waals surface area (Å²) in [4.78, 5) is 37.1. The number of carbonyl (C=O) groups is 1. The molecule has 0 unspecified atom stereocenters. The van der Waals surface area contributed by atoms with E-state index in [2.05, 4.69) is 14.5 Å². The summed E-state index contributed by atoms with van der Waals surface area (Å²) in [6, 6.07) is 5.55. The van der Waals surface area contributed by atoms with Gasteiger partial charge in [-0.3, -0.25) is 14.6 Å². The van der Waals surface area contributed by atoms with Crippen molar-refractivity contribution in [2.24, 2.45) is 5.92 Å². The van der Waals surface area contributed by atoms with Crippen molar-refractivity contribution in [3.8, 4) is 0 Å². The predicted octanol–water partition coefficient (Wildman–Crippen LogP) is 4.37. The third-order valence-electron chi connectivity index (χ3n) is 6.27. The summed E-state index contributed by atoms with van der Waals surface area (Å²) >= 11 is 1.57. The highest BCUT2D eigenvalue weighted by atomic mass is 32.1. The van der Waals surface area contributed by atoms with Crippen molar-refractivity contribution in [2.75, 3.05) is 7.05 Å². The molecule has 1 aliphatic carbocycles. The zero-order valence-electron chi connectivity index (χ0n) is 19.0. The van der Waals surface area contributed by atoms with Crippen LogP contribution in [0.2, 0.25) is 0 Å². The Hall–Kier alpha value is -2.80. The number of pyridine rings is 2. The lowest BCUT2D eigenvalue weighted by atomic mass is 9.96. The molecular formula is C25H30N4O2S. The minimum Gasteiger partial charge on any atom is -0.343 e. The lowest BCUT2D eigenvalue weighted by Gasteiger charge is -2.24. The maximum absolute atomic E-state index is 13.6. The van der Waals surface area contributed by atoms with Gasteiger partial charge in [-0.15, -0.1) is 11.3 Å². The first kappa shape index (κ1) is 22.4. The Bertz CT molecular complexity index is 1150. The molecule has 0 spiro atoms. The number of hydrogen-bond donors (Lipinski definition) is 0. The molecule has 0 saturated heterocycles. The number of rotatable bonds is 7. The van der Waals surface area contributed by atoms with Gasteiger partial charge < -0.3 is 9.47 Å². The van der Waals surface area contributed by atoms with Gasteiger partial charge in [-0.2, -0.15) is 0 Å². The van der Waals surface area contributed by atoms with E-state index in [0.717, 1.165) is 46.9 Å². The summed E-state index contributed by atoms with van der Waals surface area (Å²) < 4.78 is 2.14. The van der Waals surface area contributed by atoms with Crippen LogP contribution in [0.5, 0.6) is 0 Å². The van der Waals surface area contributed by atoms with Crippen LogP contribution in [-0.4, -0.2) is 32.4 Å². The van der Waals surface area contributed by atoms with Crippen molar-refractivity contribution in [1.29, 1.82) is 0 Å². The van der Waals surface area contributed by atoms with Gasteiger partial charge in [-0.25, -0.2) is 4.98 Å². The number of carbonyl (C=O) groups excluding carboxylic acids is 1. The molecule has 0 N–H and O–H groups in total. The molecule has 3 aromatic heterocycles. The Balaban J connectivity index is 1.74. The van der Waals surface area contributed by atoms with Gasteiger partial charge in [0, 0.05) is 48.8 Å². The topological polar surface area (TPSA) is 68.1 Å². The van der Waals surface area contributed by atoms with Crippen LogP contribution in [0.3, 0.4) is 0 Å². The van der Waals surface area contributed by atoms with E-state index in [1.165, 1.54) is 12.8 Å². The lowest BCUT2D eigenvalue weighted by molar-refractivity contribution is 0.0779. The van der Waals surface area contributed by atoms with Crippen molar-refractivity contribution in [3.05, 3.63) is 79.4 Å². The van der Waals surface area contributed by atoms with E-state index in [4.69, 9.17) is 0 Å². The molecule has 0 atom stereocenters. The maximum Gasteiger partial charge on any atom is 0.259 e. The molecule has 0 bridgehead atoms. The summed E-state index contributed by atoms with van der Waals surface area (Å²) in [5.41, 5.74) is 3.75. The van der Waals surface area contributed by atoms with Gasteiger partial charge in [0.1, 0.15) is 5.56 Å². The third kappa shape index (κ3) is 4.99. The molecule has 1 saturated carbocycles. The zero-order valence-corrected chi connectivity index (χ0v) is 19.8. The van der Waals surface area contributed by atoms with E-state index in [0.29, 0.717) is 24.6 Å². The minimum absolute atomic E-state index is 0.191. The Morgan fingerprint density at radius 3 is 2.72 bits per heavy atom. The maximum atomic E-state index is 13.6. The molecule has 0 radical (unpaired) electrons. The highest BCUT2D eigenvalue weighted by Crippen LogP contribution is 2.29. The van der Waals surface area contributed by atoms with E-state index >= 15 is 0 Å². The molecule has 3 heterocycles. The second kappa shape index (κ2) is 9.77. The van der Waals surface area contributed by atoms with Crippen molar-refractivity contribution in [2.45, 2.75) is 59.0 Å². The van der Waals surface area contributed by atoms with Gasteiger partial charge in [0.05, 0.1) is 17.2 Å². The minimum atomic E-state index is -0.228. The van der Waals surface area contributed by atoms with Crippen LogP contribution in [0.1, 0.15) is 63.7 Å². The molecule has 6 nitrogen and oxygen atoms in total. The SMILES string of the molecule is Cc1nc(CN(C)C(=O)c2c(CC3CCCC3)n(Cc3cccnc3)c(C)cc2=O)cs1. The quantitative estimate of drug-likeness (QED) is 0.536. The van der Waals surface area contributed by atoms with Crippen molar-refractivity contribution in [3.63, 3.8) is 0 Å². The molecule has 0 aromatic carbocycles. The van der Waals surface area contributed by atoms with Gasteiger partial charge >= 0.3 is 0 Å². The van der Waals surface area contributed by atoms with Gasteiger partial charge in [-0.05, 0) is 37.8 Å². The molecular weight excluding hydrogens is 420 g/mol. The predicted molar refractivity (Wildman–Crippen MR) is 127 cm³/mol. The molecule has 32 heavy (non-hydrogen) atoms. The number of hydrogen-bond acceptors (Lipinski definition) is 5. The Morgan fingerprint density at radius 1 is 1.28 bits per heavy atom. The van der Waals surface area contributed by atoms with E-state index in [-0.39, 0.29) is 11.3 Å². The Labute approximate surface area is 193 Å². The van der Waals surface area contributed by atoms with E-state index in [9.17, 15) is 9.59 Å². The number of amides is 1. The highest BCUT2D eigenvalue weighted by Gasteiger charge is 2.26. The second-order valence-electron chi connectivity index (χ2n) is 8.79. The summed E-state index contributed by atoms with van der Waals surface area (Å²) in [6.07, 6.45) is 9.08. The molecule has 3 aromatic rings. The Kier molecular flexibility index (Phi) is 6.84. The molecule has 168 valence electrons. The molecule has 4 rings (SSSR count). The number of thiazole rings is 1. The fourth-order valence-corrected chi connectivity index (χ4v) is 5.24. The largest absolute Gasteiger partial charge is 0.343 e. The van der Waals surface area contributed by atoms with Crippen molar-refractivity contribution in [1.82, 2.24) is 19.4 Å². The first-order valence-corrected chi connectivity index (χ1v) is 12.1. The summed E-state index contributed by atoms with van der Waals surface area (Å²) in [5.74, 6) is 0.281. The molecule has 0 aliphatic heterocycles. The monoisotopic (exact) mass is 450 g/mol. The standard InChI is InChI=1S/C25H30N4O2S/c1-17-11-23(30)24(25(31)28(3)15-21-16-32-18(2)27-21)22(12-19-7-4-5-8-19)29(17)14-20-9-6-10-26-13-20/h6,9-11,13,16,19H,4-5,7-8,12,14-15H2,1-3H3. The first-order chi connectivity index (χ1) is 15.4.